The van der Waals surface area contributed by atoms with Gasteiger partial charge in [0, 0.05) is 21.7 Å². The van der Waals surface area contributed by atoms with E-state index in [2.05, 4.69) is 40.4 Å². The summed E-state index contributed by atoms with van der Waals surface area (Å²) >= 11 is 3.38. The normalized spacial score (nSPS) is 19.4. The van der Waals surface area contributed by atoms with E-state index in [0.717, 1.165) is 28.9 Å². The number of fused-ring (bicyclic) bond motifs is 2. The molecule has 2 aliphatic heterocycles. The molecule has 4 rings (SSSR count). The Morgan fingerprint density at radius 2 is 2.24 bits per heavy atom. The smallest absolute Gasteiger partial charge is 0.168 e. The number of rotatable bonds is 2. The zero-order valence-electron chi connectivity index (χ0n) is 12.0. The molecule has 3 nitrogen and oxygen atoms in total. The van der Waals surface area contributed by atoms with E-state index < -0.39 is 6.10 Å². The van der Waals surface area contributed by atoms with Gasteiger partial charge in [-0.15, -0.1) is 11.3 Å². The Hall–Kier alpha value is -1.30. The van der Waals surface area contributed by atoms with Crippen LogP contribution in [0.3, 0.4) is 0 Å². The third kappa shape index (κ3) is 2.03. The third-order valence-electron chi connectivity index (χ3n) is 3.94. The number of thiophene rings is 1. The Morgan fingerprint density at radius 1 is 1.38 bits per heavy atom. The molecule has 1 atom stereocenters. The molecule has 21 heavy (non-hydrogen) atoms. The van der Waals surface area contributed by atoms with E-state index in [1.54, 1.807) is 23.1 Å². The van der Waals surface area contributed by atoms with Crippen molar-refractivity contribution in [2.24, 2.45) is 4.99 Å². The first-order chi connectivity index (χ1) is 10.1. The lowest BCUT2D eigenvalue weighted by molar-refractivity contribution is 0.240. The SMILES string of the molecule is Cc1cc(C2=C(C(C)O)SC3=NCCN32)cc2sccc12. The topological polar surface area (TPSA) is 35.8 Å². The Kier molecular flexibility index (Phi) is 3.10. The molecule has 1 N–H and O–H groups in total. The average molecular weight is 316 g/mol. The number of aryl methyl sites for hydroxylation is 1. The van der Waals surface area contributed by atoms with Gasteiger partial charge in [-0.1, -0.05) is 11.8 Å². The van der Waals surface area contributed by atoms with Gasteiger partial charge in [0.15, 0.2) is 5.17 Å². The molecular formula is C16H16N2OS2. The van der Waals surface area contributed by atoms with Gasteiger partial charge >= 0.3 is 0 Å². The highest BCUT2D eigenvalue weighted by molar-refractivity contribution is 8.17. The first-order valence-corrected chi connectivity index (χ1v) is 8.75. The number of thioether (sulfide) groups is 1. The maximum absolute atomic E-state index is 10.1. The van der Waals surface area contributed by atoms with Gasteiger partial charge in [0.2, 0.25) is 0 Å². The fourth-order valence-electron chi connectivity index (χ4n) is 2.97. The highest BCUT2D eigenvalue weighted by Crippen LogP contribution is 2.44. The minimum Gasteiger partial charge on any atom is -0.388 e. The lowest BCUT2D eigenvalue weighted by Gasteiger charge is -2.18. The van der Waals surface area contributed by atoms with Crippen LogP contribution in [0.15, 0.2) is 33.5 Å². The van der Waals surface area contributed by atoms with Gasteiger partial charge in [0.25, 0.3) is 0 Å². The molecule has 1 aromatic heterocycles. The molecule has 0 fully saturated rings. The maximum Gasteiger partial charge on any atom is 0.168 e. The third-order valence-corrected chi connectivity index (χ3v) is 6.09. The second-order valence-electron chi connectivity index (χ2n) is 5.43. The van der Waals surface area contributed by atoms with Crippen molar-refractivity contribution in [2.45, 2.75) is 20.0 Å². The summed E-state index contributed by atoms with van der Waals surface area (Å²) in [5.41, 5.74) is 3.62. The van der Waals surface area contributed by atoms with Crippen molar-refractivity contribution in [2.75, 3.05) is 13.1 Å². The molecule has 2 aromatic rings. The summed E-state index contributed by atoms with van der Waals surface area (Å²) in [6, 6.07) is 6.65. The summed E-state index contributed by atoms with van der Waals surface area (Å²) in [5.74, 6) is 0. The number of aliphatic imine (C=N–C) groups is 1. The lowest BCUT2D eigenvalue weighted by atomic mass is 10.0. The Bertz CT molecular complexity index is 789. The van der Waals surface area contributed by atoms with E-state index in [4.69, 9.17) is 0 Å². The van der Waals surface area contributed by atoms with Crippen molar-refractivity contribution in [3.8, 4) is 0 Å². The van der Waals surface area contributed by atoms with Gasteiger partial charge in [-0.3, -0.25) is 4.99 Å². The van der Waals surface area contributed by atoms with Gasteiger partial charge in [0.1, 0.15) is 0 Å². The first kappa shape index (κ1) is 13.4. The summed E-state index contributed by atoms with van der Waals surface area (Å²) in [6.07, 6.45) is -0.461. The second kappa shape index (κ2) is 4.87. The zero-order chi connectivity index (χ0) is 14.6. The van der Waals surface area contributed by atoms with Crippen LogP contribution in [-0.4, -0.2) is 34.4 Å². The first-order valence-electron chi connectivity index (χ1n) is 7.05. The van der Waals surface area contributed by atoms with E-state index in [9.17, 15) is 5.11 Å². The van der Waals surface area contributed by atoms with E-state index in [1.807, 2.05) is 6.92 Å². The van der Waals surface area contributed by atoms with Crippen molar-refractivity contribution in [1.82, 2.24) is 4.90 Å². The molecule has 0 aliphatic carbocycles. The van der Waals surface area contributed by atoms with Crippen LogP contribution in [0, 0.1) is 6.92 Å². The molecule has 1 unspecified atom stereocenters. The summed E-state index contributed by atoms with van der Waals surface area (Å²) in [5, 5.41) is 14.6. The fourth-order valence-corrected chi connectivity index (χ4v) is 5.01. The predicted molar refractivity (Wildman–Crippen MR) is 91.8 cm³/mol. The van der Waals surface area contributed by atoms with Gasteiger partial charge in [-0.25, -0.2) is 0 Å². The van der Waals surface area contributed by atoms with Crippen LogP contribution in [0.5, 0.6) is 0 Å². The minimum absolute atomic E-state index is 0.461. The maximum atomic E-state index is 10.1. The predicted octanol–water partition coefficient (Wildman–Crippen LogP) is 3.68. The molecule has 108 valence electrons. The van der Waals surface area contributed by atoms with Crippen molar-refractivity contribution in [3.63, 3.8) is 0 Å². The van der Waals surface area contributed by atoms with E-state index in [-0.39, 0.29) is 0 Å². The quantitative estimate of drug-likeness (QED) is 0.918. The molecule has 1 aromatic carbocycles. The summed E-state index contributed by atoms with van der Waals surface area (Å²) in [7, 11) is 0. The molecular weight excluding hydrogens is 300 g/mol. The molecule has 0 spiro atoms. The van der Waals surface area contributed by atoms with Crippen LogP contribution < -0.4 is 0 Å². The van der Waals surface area contributed by atoms with Crippen LogP contribution in [0.4, 0.5) is 0 Å². The number of hydrogen-bond acceptors (Lipinski definition) is 5. The van der Waals surface area contributed by atoms with Crippen molar-refractivity contribution < 1.29 is 5.11 Å². The summed E-state index contributed by atoms with van der Waals surface area (Å²) in [6.45, 7) is 5.75. The highest BCUT2D eigenvalue weighted by atomic mass is 32.2. The molecule has 0 bridgehead atoms. The number of benzene rings is 1. The number of hydrogen-bond donors (Lipinski definition) is 1. The molecule has 3 heterocycles. The van der Waals surface area contributed by atoms with Gasteiger partial charge in [0.05, 0.1) is 18.3 Å². The van der Waals surface area contributed by atoms with E-state index >= 15 is 0 Å². The van der Waals surface area contributed by atoms with Crippen LogP contribution in [0.25, 0.3) is 15.8 Å². The van der Waals surface area contributed by atoms with Crippen molar-refractivity contribution in [1.29, 1.82) is 0 Å². The molecule has 0 saturated heterocycles. The van der Waals surface area contributed by atoms with Crippen LogP contribution in [0.1, 0.15) is 18.1 Å². The van der Waals surface area contributed by atoms with E-state index in [1.165, 1.54) is 21.2 Å². The molecule has 2 aliphatic rings. The molecule has 5 heteroatoms. The van der Waals surface area contributed by atoms with Gasteiger partial charge in [-0.2, -0.15) is 0 Å². The Labute approximate surface area is 132 Å². The van der Waals surface area contributed by atoms with Crippen LogP contribution >= 0.6 is 23.1 Å². The average Bonchev–Trinajstić information content (AvgIpc) is 3.12. The monoisotopic (exact) mass is 316 g/mol. The summed E-state index contributed by atoms with van der Waals surface area (Å²) in [4.78, 5) is 7.80. The number of amidine groups is 1. The number of nitrogens with zero attached hydrogens (tertiary/aromatic N) is 2. The van der Waals surface area contributed by atoms with E-state index in [0.29, 0.717) is 0 Å². The summed E-state index contributed by atoms with van der Waals surface area (Å²) < 4.78 is 1.30. The van der Waals surface area contributed by atoms with Gasteiger partial charge in [-0.05, 0) is 48.4 Å². The Morgan fingerprint density at radius 3 is 3.05 bits per heavy atom. The van der Waals surface area contributed by atoms with Crippen molar-refractivity contribution in [3.05, 3.63) is 39.6 Å². The fraction of sp³-hybridized carbons (Fsp3) is 0.312. The second-order valence-corrected chi connectivity index (χ2v) is 7.39. The standard InChI is InChI=1S/C16H16N2OS2/c1-9-7-11(8-13-12(9)3-6-20-13)14-15(10(2)19)21-16-17-4-5-18(14)16/h3,6-8,10,19H,4-5H2,1-2H3. The Balaban J connectivity index is 1.92. The molecule has 0 amide bonds. The van der Waals surface area contributed by atoms with Crippen molar-refractivity contribution >= 4 is 44.0 Å². The zero-order valence-corrected chi connectivity index (χ0v) is 13.6. The molecule has 0 radical (unpaired) electrons. The number of aliphatic hydroxyl groups is 1. The van der Waals surface area contributed by atoms with Crippen LogP contribution in [-0.2, 0) is 0 Å². The lowest BCUT2D eigenvalue weighted by Crippen LogP contribution is -2.20. The highest BCUT2D eigenvalue weighted by Gasteiger charge is 2.34. The largest absolute Gasteiger partial charge is 0.388 e. The number of aliphatic hydroxyl groups excluding tert-OH is 1. The van der Waals surface area contributed by atoms with Gasteiger partial charge < -0.3 is 10.0 Å². The van der Waals surface area contributed by atoms with Crippen LogP contribution in [0.2, 0.25) is 0 Å². The minimum atomic E-state index is -0.461. The molecule has 0 saturated carbocycles.